The first kappa shape index (κ1) is 17.6. The van der Waals surface area contributed by atoms with Gasteiger partial charge in [0.15, 0.2) is 6.29 Å². The van der Waals surface area contributed by atoms with Gasteiger partial charge in [-0.1, -0.05) is 18.2 Å². The van der Waals surface area contributed by atoms with E-state index in [2.05, 4.69) is 9.47 Å². The minimum absolute atomic E-state index is 0.118. The molecule has 2 rings (SSSR count). The molecule has 0 spiro atoms. The number of halogens is 6. The van der Waals surface area contributed by atoms with Crippen molar-refractivity contribution in [2.45, 2.75) is 12.7 Å². The van der Waals surface area contributed by atoms with Gasteiger partial charge in [0, 0.05) is 0 Å². The number of ether oxygens (including phenoxy) is 2. The van der Waals surface area contributed by atoms with Gasteiger partial charge in [0.25, 0.3) is 0 Å². The Hall–Kier alpha value is -2.71. The molecule has 2 aromatic carbocycles. The van der Waals surface area contributed by atoms with E-state index in [0.29, 0.717) is 0 Å². The normalized spacial score (nSPS) is 11.9. The molecule has 3 nitrogen and oxygen atoms in total. The molecule has 0 N–H and O–H groups in total. The first-order valence-corrected chi connectivity index (χ1v) is 6.28. The van der Waals surface area contributed by atoms with Crippen LogP contribution < -0.4 is 9.47 Å². The molecule has 0 radical (unpaired) electrons. The number of benzene rings is 2. The number of alkyl halides is 6. The lowest BCUT2D eigenvalue weighted by Crippen LogP contribution is -2.18. The maximum Gasteiger partial charge on any atom is 0.573 e. The molecule has 24 heavy (non-hydrogen) atoms. The summed E-state index contributed by atoms with van der Waals surface area (Å²) in [6.45, 7) is 0. The van der Waals surface area contributed by atoms with E-state index < -0.39 is 24.2 Å². The third-order valence-corrected chi connectivity index (χ3v) is 2.77. The minimum Gasteiger partial charge on any atom is -0.406 e. The first-order chi connectivity index (χ1) is 11.1. The second-order valence-electron chi connectivity index (χ2n) is 4.49. The van der Waals surface area contributed by atoms with Crippen LogP contribution in [-0.4, -0.2) is 19.0 Å². The number of aldehydes is 1. The second kappa shape index (κ2) is 6.42. The lowest BCUT2D eigenvalue weighted by Gasteiger charge is -2.13. The van der Waals surface area contributed by atoms with Gasteiger partial charge in [-0.2, -0.15) is 0 Å². The molecule has 0 aliphatic carbocycles. The Morgan fingerprint density at radius 1 is 0.792 bits per heavy atom. The van der Waals surface area contributed by atoms with Gasteiger partial charge in [0.1, 0.15) is 11.5 Å². The number of rotatable bonds is 4. The van der Waals surface area contributed by atoms with Gasteiger partial charge in [0.05, 0.1) is 5.56 Å². The van der Waals surface area contributed by atoms with Crippen LogP contribution in [0.4, 0.5) is 26.3 Å². The first-order valence-electron chi connectivity index (χ1n) is 6.28. The summed E-state index contributed by atoms with van der Waals surface area (Å²) in [5, 5.41) is 0. The smallest absolute Gasteiger partial charge is 0.406 e. The lowest BCUT2D eigenvalue weighted by atomic mass is 10.0. The summed E-state index contributed by atoms with van der Waals surface area (Å²) in [6, 6.07) is 7.92. The van der Waals surface area contributed by atoms with Crippen molar-refractivity contribution in [1.29, 1.82) is 0 Å². The fourth-order valence-corrected chi connectivity index (χ4v) is 1.90. The number of hydrogen-bond donors (Lipinski definition) is 0. The predicted octanol–water partition coefficient (Wildman–Crippen LogP) is 4.96. The summed E-state index contributed by atoms with van der Waals surface area (Å²) in [6.07, 6.45) is -9.74. The molecule has 0 bridgehead atoms. The summed E-state index contributed by atoms with van der Waals surface area (Å²) in [7, 11) is 0. The van der Waals surface area contributed by atoms with Crippen LogP contribution in [0, 0.1) is 0 Å². The summed E-state index contributed by atoms with van der Waals surface area (Å²) in [5.74, 6) is -1.28. The maximum absolute atomic E-state index is 12.4. The summed E-state index contributed by atoms with van der Waals surface area (Å²) in [5.41, 5.74) is -0.0764. The van der Waals surface area contributed by atoms with Crippen molar-refractivity contribution in [2.75, 3.05) is 0 Å². The molecule has 0 saturated heterocycles. The fourth-order valence-electron chi connectivity index (χ4n) is 1.90. The van der Waals surface area contributed by atoms with Crippen molar-refractivity contribution in [1.82, 2.24) is 0 Å². The maximum atomic E-state index is 12.4. The van der Waals surface area contributed by atoms with Gasteiger partial charge < -0.3 is 9.47 Å². The molecule has 128 valence electrons. The molecule has 0 heterocycles. The Labute approximate surface area is 131 Å². The molecular formula is C15H8F6O3. The Kier molecular flexibility index (Phi) is 4.72. The van der Waals surface area contributed by atoms with E-state index in [0.717, 1.165) is 24.3 Å². The highest BCUT2D eigenvalue weighted by molar-refractivity contribution is 5.82. The molecule has 0 aromatic heterocycles. The van der Waals surface area contributed by atoms with Crippen molar-refractivity contribution < 1.29 is 40.6 Å². The molecule has 0 unspecified atom stereocenters. The molecule has 0 atom stereocenters. The van der Waals surface area contributed by atoms with E-state index >= 15 is 0 Å². The molecular weight excluding hydrogens is 342 g/mol. The van der Waals surface area contributed by atoms with Crippen molar-refractivity contribution in [3.63, 3.8) is 0 Å². The molecule has 0 aliphatic rings. The zero-order valence-corrected chi connectivity index (χ0v) is 11.6. The van der Waals surface area contributed by atoms with Crippen LogP contribution in [0.2, 0.25) is 0 Å². The Morgan fingerprint density at radius 2 is 1.42 bits per heavy atom. The highest BCUT2D eigenvalue weighted by atomic mass is 19.4. The van der Waals surface area contributed by atoms with Crippen LogP contribution in [-0.2, 0) is 0 Å². The van der Waals surface area contributed by atoms with Gasteiger partial charge >= 0.3 is 12.7 Å². The average Bonchev–Trinajstić information content (AvgIpc) is 2.44. The van der Waals surface area contributed by atoms with Crippen LogP contribution >= 0.6 is 0 Å². The van der Waals surface area contributed by atoms with Crippen molar-refractivity contribution in [2.24, 2.45) is 0 Å². The lowest BCUT2D eigenvalue weighted by molar-refractivity contribution is -0.275. The van der Waals surface area contributed by atoms with Gasteiger partial charge in [-0.25, -0.2) is 0 Å². The molecule has 0 saturated carbocycles. The zero-order valence-electron chi connectivity index (χ0n) is 11.6. The summed E-state index contributed by atoms with van der Waals surface area (Å²) >= 11 is 0. The fraction of sp³-hybridized carbons (Fsp3) is 0.133. The van der Waals surface area contributed by atoms with Crippen LogP contribution in [0.3, 0.4) is 0 Å². The molecule has 0 fully saturated rings. The third-order valence-electron chi connectivity index (χ3n) is 2.77. The Morgan fingerprint density at radius 3 is 2.00 bits per heavy atom. The zero-order chi connectivity index (χ0) is 18.0. The van der Waals surface area contributed by atoms with E-state index in [1.807, 2.05) is 0 Å². The highest BCUT2D eigenvalue weighted by Gasteiger charge is 2.32. The van der Waals surface area contributed by atoms with Gasteiger partial charge in [-0.3, -0.25) is 4.79 Å². The summed E-state index contributed by atoms with van der Waals surface area (Å²) in [4.78, 5) is 10.8. The van der Waals surface area contributed by atoms with Crippen LogP contribution in [0.25, 0.3) is 11.1 Å². The molecule has 0 amide bonds. The quantitative estimate of drug-likeness (QED) is 0.577. The van der Waals surface area contributed by atoms with Crippen molar-refractivity contribution in [3.8, 4) is 22.6 Å². The summed E-state index contributed by atoms with van der Waals surface area (Å²) < 4.78 is 81.2. The molecule has 0 aliphatic heterocycles. The Balaban J connectivity index is 2.40. The minimum atomic E-state index is -5.02. The van der Waals surface area contributed by atoms with Gasteiger partial charge in [-0.05, 0) is 35.4 Å². The van der Waals surface area contributed by atoms with Crippen LogP contribution in [0.5, 0.6) is 11.5 Å². The average molecular weight is 350 g/mol. The van der Waals surface area contributed by atoms with E-state index in [4.69, 9.17) is 0 Å². The number of hydrogen-bond acceptors (Lipinski definition) is 3. The van der Waals surface area contributed by atoms with Crippen LogP contribution in [0.15, 0.2) is 42.5 Å². The molecule has 2 aromatic rings. The van der Waals surface area contributed by atoms with E-state index in [1.165, 1.54) is 18.2 Å². The van der Waals surface area contributed by atoms with E-state index in [9.17, 15) is 31.1 Å². The van der Waals surface area contributed by atoms with Gasteiger partial charge in [0.2, 0.25) is 0 Å². The van der Waals surface area contributed by atoms with Crippen LogP contribution in [0.1, 0.15) is 10.4 Å². The second-order valence-corrected chi connectivity index (χ2v) is 4.49. The monoisotopic (exact) mass is 350 g/mol. The number of carbonyl (C=O) groups excluding carboxylic acids is 1. The largest absolute Gasteiger partial charge is 0.573 e. The predicted molar refractivity (Wildman–Crippen MR) is 70.6 cm³/mol. The topological polar surface area (TPSA) is 35.5 Å². The SMILES string of the molecule is O=Cc1ccc(-c2cccc(OC(F)(F)F)c2)cc1OC(F)(F)F. The van der Waals surface area contributed by atoms with Crippen molar-refractivity contribution >= 4 is 6.29 Å². The molecule has 9 heteroatoms. The third kappa shape index (κ3) is 4.90. The van der Waals surface area contributed by atoms with E-state index in [-0.39, 0.29) is 23.0 Å². The highest BCUT2D eigenvalue weighted by Crippen LogP contribution is 2.33. The standard InChI is InChI=1S/C15H8F6O3/c16-14(17,18)23-12-3-1-2-9(6-12)10-4-5-11(8-22)13(7-10)24-15(19,20)21/h1-8H. The van der Waals surface area contributed by atoms with E-state index in [1.54, 1.807) is 0 Å². The van der Waals surface area contributed by atoms with Gasteiger partial charge in [-0.15, -0.1) is 26.3 Å². The number of carbonyl (C=O) groups is 1. The van der Waals surface area contributed by atoms with Crippen molar-refractivity contribution in [3.05, 3.63) is 48.0 Å². The Bertz CT molecular complexity index is 737.